The minimum atomic E-state index is -0.169. The van der Waals surface area contributed by atoms with Crippen molar-refractivity contribution in [3.8, 4) is 23.6 Å². The molecule has 0 atom stereocenters. The summed E-state index contributed by atoms with van der Waals surface area (Å²) in [5.74, 6) is 0.803. The molecular weight excluding hydrogens is 266 g/mol. The lowest BCUT2D eigenvalue weighted by Gasteiger charge is -2.08. The third-order valence-electron chi connectivity index (χ3n) is 2.62. The number of amides is 1. The second-order valence-electron chi connectivity index (χ2n) is 4.24. The summed E-state index contributed by atoms with van der Waals surface area (Å²) in [5, 5.41) is 20.5. The summed E-state index contributed by atoms with van der Waals surface area (Å²) in [6, 6.07) is 15.4. The highest BCUT2D eigenvalue weighted by Crippen LogP contribution is 2.25. The van der Waals surface area contributed by atoms with E-state index in [2.05, 4.69) is 5.32 Å². The zero-order chi connectivity index (χ0) is 15.2. The highest BCUT2D eigenvalue weighted by molar-refractivity contribution is 5.88. The third kappa shape index (κ3) is 3.59. The largest absolute Gasteiger partial charge is 0.457 e. The molecule has 0 spiro atoms. The van der Waals surface area contributed by atoms with Gasteiger partial charge in [-0.1, -0.05) is 6.07 Å². The van der Waals surface area contributed by atoms with Crippen molar-refractivity contribution in [1.29, 1.82) is 10.5 Å². The smallest absolute Gasteiger partial charge is 0.221 e. The number of hydrogen-bond acceptors (Lipinski definition) is 4. The van der Waals surface area contributed by atoms with Crippen molar-refractivity contribution in [2.75, 3.05) is 5.32 Å². The van der Waals surface area contributed by atoms with Gasteiger partial charge >= 0.3 is 0 Å². The first-order valence-electron chi connectivity index (χ1n) is 6.12. The Morgan fingerprint density at radius 1 is 1.05 bits per heavy atom. The molecular formula is C16H11N3O2. The van der Waals surface area contributed by atoms with Crippen molar-refractivity contribution < 1.29 is 9.53 Å². The van der Waals surface area contributed by atoms with E-state index in [-0.39, 0.29) is 11.5 Å². The first-order chi connectivity index (χ1) is 10.1. The van der Waals surface area contributed by atoms with Gasteiger partial charge in [-0.25, -0.2) is 0 Å². The van der Waals surface area contributed by atoms with Gasteiger partial charge in [0.05, 0.1) is 11.1 Å². The maximum atomic E-state index is 11.0. The molecule has 0 unspecified atom stereocenters. The van der Waals surface area contributed by atoms with E-state index in [9.17, 15) is 4.79 Å². The zero-order valence-corrected chi connectivity index (χ0v) is 11.3. The predicted octanol–water partition coefficient (Wildman–Crippen LogP) is 3.18. The van der Waals surface area contributed by atoms with Crippen molar-refractivity contribution in [1.82, 2.24) is 0 Å². The molecule has 0 saturated carbocycles. The molecule has 2 aromatic rings. The maximum absolute atomic E-state index is 11.0. The average molecular weight is 277 g/mol. The molecule has 1 N–H and O–H groups in total. The quantitative estimate of drug-likeness (QED) is 0.933. The van der Waals surface area contributed by atoms with Gasteiger partial charge in [0.15, 0.2) is 0 Å². The Hall–Kier alpha value is -3.31. The summed E-state index contributed by atoms with van der Waals surface area (Å²) >= 11 is 0. The lowest BCUT2D eigenvalue weighted by atomic mass is 10.1. The Bertz CT molecular complexity index is 770. The molecule has 0 bridgehead atoms. The molecule has 0 aliphatic rings. The summed E-state index contributed by atoms with van der Waals surface area (Å²) in [4.78, 5) is 11.0. The third-order valence-corrected chi connectivity index (χ3v) is 2.62. The molecule has 0 fully saturated rings. The first kappa shape index (κ1) is 14.1. The Balaban J connectivity index is 2.25. The van der Waals surface area contributed by atoms with Crippen LogP contribution >= 0.6 is 0 Å². The molecule has 0 aliphatic heterocycles. The van der Waals surface area contributed by atoms with Gasteiger partial charge in [0, 0.05) is 18.7 Å². The van der Waals surface area contributed by atoms with Crippen LogP contribution in [0.25, 0.3) is 0 Å². The van der Waals surface area contributed by atoms with E-state index in [0.717, 1.165) is 0 Å². The van der Waals surface area contributed by atoms with Gasteiger partial charge < -0.3 is 10.1 Å². The van der Waals surface area contributed by atoms with E-state index in [1.54, 1.807) is 30.3 Å². The van der Waals surface area contributed by atoms with Crippen LogP contribution in [0.3, 0.4) is 0 Å². The number of nitriles is 2. The highest BCUT2D eigenvalue weighted by Gasteiger charge is 2.05. The van der Waals surface area contributed by atoms with Crippen LogP contribution in [0.15, 0.2) is 42.5 Å². The van der Waals surface area contributed by atoms with E-state index in [1.165, 1.54) is 19.1 Å². The number of rotatable bonds is 3. The lowest BCUT2D eigenvalue weighted by Crippen LogP contribution is -2.05. The number of carbonyl (C=O) groups excluding carboxylic acids is 1. The van der Waals surface area contributed by atoms with Crippen LogP contribution in [0.2, 0.25) is 0 Å². The SMILES string of the molecule is CC(=O)Nc1cccc(Oc2ccc(C#N)c(C#N)c2)c1. The minimum absolute atomic E-state index is 0.169. The number of carbonyl (C=O) groups is 1. The van der Waals surface area contributed by atoms with Crippen LogP contribution in [0.4, 0.5) is 5.69 Å². The maximum Gasteiger partial charge on any atom is 0.221 e. The fourth-order valence-corrected chi connectivity index (χ4v) is 1.75. The average Bonchev–Trinajstić information content (AvgIpc) is 2.46. The van der Waals surface area contributed by atoms with Crippen LogP contribution in [0, 0.1) is 22.7 Å². The Kier molecular flexibility index (Phi) is 4.18. The van der Waals surface area contributed by atoms with Crippen LogP contribution in [0.1, 0.15) is 18.1 Å². The summed E-state index contributed by atoms with van der Waals surface area (Å²) in [6.45, 7) is 1.42. The monoisotopic (exact) mass is 277 g/mol. The normalized spacial score (nSPS) is 9.29. The molecule has 0 aromatic heterocycles. The minimum Gasteiger partial charge on any atom is -0.457 e. The molecule has 2 rings (SSSR count). The van der Waals surface area contributed by atoms with E-state index in [1.807, 2.05) is 12.1 Å². The van der Waals surface area contributed by atoms with Crippen molar-refractivity contribution in [3.63, 3.8) is 0 Å². The second kappa shape index (κ2) is 6.23. The topological polar surface area (TPSA) is 85.9 Å². The summed E-state index contributed by atoms with van der Waals surface area (Å²) in [6.07, 6.45) is 0. The van der Waals surface area contributed by atoms with Crippen LogP contribution in [-0.2, 0) is 4.79 Å². The first-order valence-corrected chi connectivity index (χ1v) is 6.12. The Morgan fingerprint density at radius 3 is 2.43 bits per heavy atom. The summed E-state index contributed by atoms with van der Waals surface area (Å²) in [7, 11) is 0. The molecule has 21 heavy (non-hydrogen) atoms. The highest BCUT2D eigenvalue weighted by atomic mass is 16.5. The number of ether oxygens (including phenoxy) is 1. The molecule has 102 valence electrons. The van der Waals surface area contributed by atoms with Crippen LogP contribution in [-0.4, -0.2) is 5.91 Å². The van der Waals surface area contributed by atoms with Crippen molar-refractivity contribution in [2.45, 2.75) is 6.92 Å². The molecule has 0 saturated heterocycles. The number of nitrogens with one attached hydrogen (secondary N) is 1. The number of nitrogens with zero attached hydrogens (tertiary/aromatic N) is 2. The van der Waals surface area contributed by atoms with Crippen molar-refractivity contribution in [3.05, 3.63) is 53.6 Å². The molecule has 0 heterocycles. The fourth-order valence-electron chi connectivity index (χ4n) is 1.75. The molecule has 2 aromatic carbocycles. The van der Waals surface area contributed by atoms with Gasteiger partial charge in [-0.05, 0) is 30.3 Å². The number of anilines is 1. The lowest BCUT2D eigenvalue weighted by molar-refractivity contribution is -0.114. The zero-order valence-electron chi connectivity index (χ0n) is 11.3. The van der Waals surface area contributed by atoms with E-state index in [4.69, 9.17) is 15.3 Å². The number of hydrogen-bond donors (Lipinski definition) is 1. The predicted molar refractivity (Wildman–Crippen MR) is 76.7 cm³/mol. The van der Waals surface area contributed by atoms with Gasteiger partial charge in [0.25, 0.3) is 0 Å². The van der Waals surface area contributed by atoms with E-state index >= 15 is 0 Å². The Labute approximate surface area is 122 Å². The van der Waals surface area contributed by atoms with E-state index in [0.29, 0.717) is 22.7 Å². The Morgan fingerprint density at radius 2 is 1.76 bits per heavy atom. The molecule has 5 nitrogen and oxygen atoms in total. The van der Waals surface area contributed by atoms with E-state index < -0.39 is 0 Å². The molecule has 1 amide bonds. The standard InChI is InChI=1S/C16H11N3O2/c1-11(20)19-14-3-2-4-15(8-14)21-16-6-5-12(9-17)13(7-16)10-18/h2-8H,1H3,(H,19,20). The summed E-state index contributed by atoms with van der Waals surface area (Å²) in [5.41, 5.74) is 1.18. The van der Waals surface area contributed by atoms with Crippen molar-refractivity contribution in [2.24, 2.45) is 0 Å². The second-order valence-corrected chi connectivity index (χ2v) is 4.24. The van der Waals surface area contributed by atoms with Gasteiger partial charge in [-0.2, -0.15) is 10.5 Å². The van der Waals surface area contributed by atoms with Gasteiger partial charge in [0.1, 0.15) is 23.6 Å². The van der Waals surface area contributed by atoms with Gasteiger partial charge in [-0.3, -0.25) is 4.79 Å². The summed E-state index contributed by atoms with van der Waals surface area (Å²) < 4.78 is 5.63. The molecule has 0 radical (unpaired) electrons. The van der Waals surface area contributed by atoms with Gasteiger partial charge in [0.2, 0.25) is 5.91 Å². The van der Waals surface area contributed by atoms with Crippen molar-refractivity contribution >= 4 is 11.6 Å². The molecule has 5 heteroatoms. The molecule has 0 aliphatic carbocycles. The van der Waals surface area contributed by atoms with Crippen LogP contribution < -0.4 is 10.1 Å². The van der Waals surface area contributed by atoms with Gasteiger partial charge in [-0.15, -0.1) is 0 Å². The number of benzene rings is 2. The fraction of sp³-hybridized carbons (Fsp3) is 0.0625. The van der Waals surface area contributed by atoms with Crippen LogP contribution in [0.5, 0.6) is 11.5 Å².